The molecule has 0 saturated carbocycles. The highest BCUT2D eigenvalue weighted by Crippen LogP contribution is 2.34. The van der Waals surface area contributed by atoms with E-state index < -0.39 is 0 Å². The second-order valence-electron chi connectivity index (χ2n) is 5.06. The lowest BCUT2D eigenvalue weighted by atomic mass is 10.3. The Morgan fingerprint density at radius 3 is 2.08 bits per heavy atom. The number of nitrogens with one attached hydrogen (secondary N) is 1. The number of hydrogen-bond acceptors (Lipinski definition) is 7. The maximum Gasteiger partial charge on any atom is 0.190 e. The number of anilines is 2. The van der Waals surface area contributed by atoms with Crippen molar-refractivity contribution in [1.29, 1.82) is 0 Å². The summed E-state index contributed by atoms with van der Waals surface area (Å²) in [4.78, 5) is 9.20. The molecule has 1 N–H and O–H groups in total. The van der Waals surface area contributed by atoms with Gasteiger partial charge in [0.2, 0.25) is 0 Å². The van der Waals surface area contributed by atoms with E-state index in [9.17, 15) is 0 Å². The second-order valence-corrected chi connectivity index (χ2v) is 7.12. The van der Waals surface area contributed by atoms with Crippen molar-refractivity contribution in [3.63, 3.8) is 0 Å². The van der Waals surface area contributed by atoms with Crippen molar-refractivity contribution in [2.75, 3.05) is 19.0 Å². The van der Waals surface area contributed by atoms with E-state index >= 15 is 0 Å². The monoisotopic (exact) mass is 357 g/mol. The lowest BCUT2D eigenvalue weighted by molar-refractivity contribution is 0.341. The molecule has 0 spiro atoms. The van der Waals surface area contributed by atoms with Gasteiger partial charge in [-0.05, 0) is 43.3 Å². The Hall–Kier alpha value is -2.38. The van der Waals surface area contributed by atoms with Crippen molar-refractivity contribution in [2.24, 2.45) is 0 Å². The number of aromatic nitrogens is 2. The van der Waals surface area contributed by atoms with E-state index in [2.05, 4.69) is 15.3 Å². The predicted octanol–water partition coefficient (Wildman–Crippen LogP) is 5.06. The zero-order valence-corrected chi connectivity index (χ0v) is 14.8. The summed E-state index contributed by atoms with van der Waals surface area (Å²) in [6, 6.07) is 11.8. The van der Waals surface area contributed by atoms with Crippen LogP contribution in [0.3, 0.4) is 0 Å². The van der Waals surface area contributed by atoms with Gasteiger partial charge in [0.15, 0.2) is 10.3 Å². The lowest BCUT2D eigenvalue weighted by Crippen LogP contribution is -1.90. The van der Waals surface area contributed by atoms with Gasteiger partial charge in [0, 0.05) is 0 Å². The second kappa shape index (κ2) is 6.26. The Kier molecular flexibility index (Phi) is 3.95. The molecule has 0 unspecified atom stereocenters. The number of ether oxygens (including phenoxy) is 2. The smallest absolute Gasteiger partial charge is 0.190 e. The zero-order chi connectivity index (χ0) is 16.5. The molecule has 24 heavy (non-hydrogen) atoms. The first-order valence-corrected chi connectivity index (χ1v) is 9.13. The number of rotatable bonds is 5. The fraction of sp³-hybridized carbons (Fsp3) is 0.176. The van der Waals surface area contributed by atoms with Crippen LogP contribution < -0.4 is 14.8 Å². The molecule has 2 aromatic heterocycles. The minimum absolute atomic E-state index is 0.657. The molecule has 7 heteroatoms. The van der Waals surface area contributed by atoms with Gasteiger partial charge >= 0.3 is 0 Å². The minimum Gasteiger partial charge on any atom is -0.497 e. The molecule has 5 nitrogen and oxygen atoms in total. The van der Waals surface area contributed by atoms with E-state index in [4.69, 9.17) is 9.47 Å². The molecule has 0 aliphatic heterocycles. The van der Waals surface area contributed by atoms with Gasteiger partial charge in [0.05, 0.1) is 34.1 Å². The van der Waals surface area contributed by atoms with Crippen LogP contribution in [0.25, 0.3) is 20.4 Å². The van der Waals surface area contributed by atoms with Gasteiger partial charge < -0.3 is 14.8 Å². The summed E-state index contributed by atoms with van der Waals surface area (Å²) in [5.74, 6) is 1.70. The highest BCUT2D eigenvalue weighted by molar-refractivity contribution is 7.24. The van der Waals surface area contributed by atoms with Crippen molar-refractivity contribution < 1.29 is 9.47 Å². The topological polar surface area (TPSA) is 56.3 Å². The quantitative estimate of drug-likeness (QED) is 0.541. The summed E-state index contributed by atoms with van der Waals surface area (Å²) in [6.07, 6.45) is 0. The number of nitrogens with zero attached hydrogens (tertiary/aromatic N) is 2. The molecular formula is C17H15N3O2S2. The van der Waals surface area contributed by atoms with Crippen molar-refractivity contribution >= 4 is 53.4 Å². The molecule has 0 amide bonds. The van der Waals surface area contributed by atoms with Crippen LogP contribution in [0.1, 0.15) is 6.92 Å². The van der Waals surface area contributed by atoms with Crippen molar-refractivity contribution in [1.82, 2.24) is 9.97 Å². The summed E-state index contributed by atoms with van der Waals surface area (Å²) >= 11 is 3.17. The molecular weight excluding hydrogens is 342 g/mol. The summed E-state index contributed by atoms with van der Waals surface area (Å²) < 4.78 is 13.0. The standard InChI is InChI=1S/C17H15N3O2S2/c1-3-22-11-5-7-13-15(9-11)24-17(19-13)20-16-18-12-6-4-10(21-2)8-14(12)23-16/h4-9H,3H2,1-2H3,(H,18,19,20). The van der Waals surface area contributed by atoms with Crippen LogP contribution in [0.2, 0.25) is 0 Å². The van der Waals surface area contributed by atoms with E-state index in [1.54, 1.807) is 29.8 Å². The number of hydrogen-bond donors (Lipinski definition) is 1. The van der Waals surface area contributed by atoms with Crippen molar-refractivity contribution in [3.8, 4) is 11.5 Å². The third kappa shape index (κ3) is 2.88. The maximum absolute atomic E-state index is 5.54. The summed E-state index contributed by atoms with van der Waals surface area (Å²) in [6.45, 7) is 2.64. The van der Waals surface area contributed by atoms with Crippen LogP contribution in [0.4, 0.5) is 10.3 Å². The van der Waals surface area contributed by atoms with Crippen molar-refractivity contribution in [3.05, 3.63) is 36.4 Å². The third-order valence-electron chi connectivity index (χ3n) is 3.48. The van der Waals surface area contributed by atoms with Gasteiger partial charge in [-0.25, -0.2) is 9.97 Å². The first-order valence-electron chi connectivity index (χ1n) is 7.50. The largest absolute Gasteiger partial charge is 0.497 e. The van der Waals surface area contributed by atoms with Gasteiger partial charge in [-0.15, -0.1) is 0 Å². The zero-order valence-electron chi connectivity index (χ0n) is 13.2. The Labute approximate surface area is 146 Å². The van der Waals surface area contributed by atoms with Crippen LogP contribution in [-0.2, 0) is 0 Å². The summed E-state index contributed by atoms with van der Waals surface area (Å²) in [7, 11) is 1.67. The summed E-state index contributed by atoms with van der Waals surface area (Å²) in [5.41, 5.74) is 1.90. The molecule has 2 aromatic carbocycles. The van der Waals surface area contributed by atoms with E-state index in [1.165, 1.54) is 0 Å². The first kappa shape index (κ1) is 15.2. The molecule has 2 heterocycles. The Morgan fingerprint density at radius 2 is 1.50 bits per heavy atom. The normalized spacial score (nSPS) is 11.1. The van der Waals surface area contributed by atoms with Crippen LogP contribution in [0, 0.1) is 0 Å². The third-order valence-corrected chi connectivity index (χ3v) is 5.35. The maximum atomic E-state index is 5.54. The molecule has 122 valence electrons. The molecule has 4 rings (SSSR count). The average Bonchev–Trinajstić information content (AvgIpc) is 3.16. The van der Waals surface area contributed by atoms with Gasteiger partial charge in [-0.3, -0.25) is 0 Å². The molecule has 0 radical (unpaired) electrons. The van der Waals surface area contributed by atoms with Crippen molar-refractivity contribution in [2.45, 2.75) is 6.92 Å². The Bertz CT molecular complexity index is 1010. The van der Waals surface area contributed by atoms with Crippen LogP contribution in [0.15, 0.2) is 36.4 Å². The number of methoxy groups -OCH3 is 1. The van der Waals surface area contributed by atoms with E-state index in [-0.39, 0.29) is 0 Å². The average molecular weight is 357 g/mol. The Balaban J connectivity index is 1.63. The van der Waals surface area contributed by atoms with Gasteiger partial charge in [-0.2, -0.15) is 0 Å². The first-order chi connectivity index (χ1) is 11.7. The number of thiazole rings is 2. The van der Waals surface area contributed by atoms with Gasteiger partial charge in [0.1, 0.15) is 11.5 Å². The molecule has 0 aliphatic carbocycles. The van der Waals surface area contributed by atoms with E-state index in [0.29, 0.717) is 6.61 Å². The SMILES string of the molecule is CCOc1ccc2nc(Nc3nc4ccc(OC)cc4s3)sc2c1. The fourth-order valence-electron chi connectivity index (χ4n) is 2.39. The summed E-state index contributed by atoms with van der Waals surface area (Å²) in [5, 5.41) is 4.95. The van der Waals surface area contributed by atoms with E-state index in [1.807, 2.05) is 43.3 Å². The van der Waals surface area contributed by atoms with Gasteiger partial charge in [0.25, 0.3) is 0 Å². The molecule has 0 aliphatic rings. The lowest BCUT2D eigenvalue weighted by Gasteiger charge is -2.00. The number of fused-ring (bicyclic) bond motifs is 2. The number of benzene rings is 2. The Morgan fingerprint density at radius 1 is 0.917 bits per heavy atom. The van der Waals surface area contributed by atoms with Crippen LogP contribution >= 0.6 is 22.7 Å². The van der Waals surface area contributed by atoms with Crippen LogP contribution in [0.5, 0.6) is 11.5 Å². The predicted molar refractivity (Wildman–Crippen MR) is 100 cm³/mol. The molecule has 0 bridgehead atoms. The highest BCUT2D eigenvalue weighted by atomic mass is 32.1. The van der Waals surface area contributed by atoms with E-state index in [0.717, 1.165) is 42.2 Å². The molecule has 0 saturated heterocycles. The fourth-order valence-corrected chi connectivity index (χ4v) is 4.24. The van der Waals surface area contributed by atoms with Gasteiger partial charge in [-0.1, -0.05) is 22.7 Å². The molecule has 4 aromatic rings. The molecule has 0 atom stereocenters. The molecule has 0 fully saturated rings. The minimum atomic E-state index is 0.657. The van der Waals surface area contributed by atoms with Crippen LogP contribution in [-0.4, -0.2) is 23.7 Å². The highest BCUT2D eigenvalue weighted by Gasteiger charge is 2.09.